The number of carbonyl (C=O) groups excluding carboxylic acids is 2. The minimum Gasteiger partial charge on any atom is -0.480 e. The van der Waals surface area contributed by atoms with Gasteiger partial charge in [-0.25, -0.2) is 13.6 Å². The van der Waals surface area contributed by atoms with Gasteiger partial charge in [-0.15, -0.1) is 11.8 Å². The molecule has 0 bridgehead atoms. The number of fused-ring (bicyclic) bond motifs is 1. The minimum absolute atomic E-state index is 0.602. The molecule has 0 radical (unpaired) electrons. The van der Waals surface area contributed by atoms with E-state index >= 15 is 0 Å². The molecule has 7 nitrogen and oxygen atoms in total. The van der Waals surface area contributed by atoms with E-state index in [1.807, 2.05) is 0 Å². The number of carboxylic acids is 1. The second-order valence-electron chi connectivity index (χ2n) is 6.20. The van der Waals surface area contributed by atoms with E-state index in [-0.39, 0.29) is 0 Å². The van der Waals surface area contributed by atoms with Crippen molar-refractivity contribution >= 4 is 29.5 Å². The van der Waals surface area contributed by atoms with E-state index in [2.05, 4.69) is 10.1 Å². The quantitative estimate of drug-likeness (QED) is 0.488. The van der Waals surface area contributed by atoms with Crippen molar-refractivity contribution in [1.29, 1.82) is 0 Å². The van der Waals surface area contributed by atoms with Gasteiger partial charge in [0.1, 0.15) is 30.7 Å². The number of thioether (sulfide) groups is 1. The van der Waals surface area contributed by atoms with Crippen LogP contribution in [0.15, 0.2) is 0 Å². The van der Waals surface area contributed by atoms with E-state index in [0.717, 1.165) is 4.90 Å². The molecule has 142 valence electrons. The Morgan fingerprint density at radius 3 is 2.56 bits per heavy atom. The number of ether oxygens (including phenoxy) is 1. The zero-order chi connectivity index (χ0) is 19.2. The van der Waals surface area contributed by atoms with Crippen molar-refractivity contribution in [2.75, 3.05) is 13.2 Å². The highest BCUT2D eigenvalue weighted by Crippen LogP contribution is 2.50. The van der Waals surface area contributed by atoms with Crippen LogP contribution in [0.1, 0.15) is 13.8 Å². The summed E-state index contributed by atoms with van der Waals surface area (Å²) in [5.74, 6) is -7.08. The molecule has 2 amide bonds. The number of carboxylic acid groups (broad SMARTS) is 1. The number of hydrogen-bond donors (Lipinski definition) is 2. The molecule has 3 atom stereocenters. The first-order chi connectivity index (χ1) is 11.4. The van der Waals surface area contributed by atoms with Gasteiger partial charge in [0.25, 0.3) is 0 Å². The predicted octanol–water partition coefficient (Wildman–Crippen LogP) is 0.535. The second kappa shape index (κ2) is 6.63. The monoisotopic (exact) mass is 388 g/mol. The Balaban J connectivity index is 1.88. The third kappa shape index (κ3) is 3.68. The lowest BCUT2D eigenvalue weighted by Gasteiger charge is -2.43. The summed E-state index contributed by atoms with van der Waals surface area (Å²) in [5, 5.41) is 10.9. The van der Waals surface area contributed by atoms with Crippen molar-refractivity contribution in [2.45, 2.75) is 48.4 Å². The fourth-order valence-electron chi connectivity index (χ4n) is 2.70. The number of carbonyl (C=O) groups is 3. The number of hydrogen-bond acceptors (Lipinski definition) is 5. The summed E-state index contributed by atoms with van der Waals surface area (Å²) in [6, 6.07) is -2.07. The van der Waals surface area contributed by atoms with Gasteiger partial charge in [-0.1, -0.05) is 0 Å². The average Bonchev–Trinajstić information content (AvgIpc) is 2.73. The van der Waals surface area contributed by atoms with Crippen LogP contribution in [0.3, 0.4) is 0 Å². The summed E-state index contributed by atoms with van der Waals surface area (Å²) in [4.78, 5) is 36.2. The van der Waals surface area contributed by atoms with Crippen LogP contribution in [0.25, 0.3) is 0 Å². The van der Waals surface area contributed by atoms with Crippen molar-refractivity contribution < 1.29 is 41.8 Å². The maximum Gasteiger partial charge on any atom is 0.330 e. The number of amides is 2. The van der Waals surface area contributed by atoms with Crippen LogP contribution >= 0.6 is 11.8 Å². The van der Waals surface area contributed by atoms with Crippen LogP contribution in [-0.2, 0) is 19.1 Å². The zero-order valence-electron chi connectivity index (χ0n) is 13.2. The van der Waals surface area contributed by atoms with Crippen LogP contribution in [0.4, 0.5) is 17.6 Å². The van der Waals surface area contributed by atoms with Crippen molar-refractivity contribution in [3.05, 3.63) is 0 Å². The number of β-lactam (4-membered cyclic amide) rings is 1. The molecule has 2 aliphatic rings. The van der Waals surface area contributed by atoms with Crippen LogP contribution in [0, 0.1) is 0 Å². The topological polar surface area (TPSA) is 95.9 Å². The minimum atomic E-state index is -4.37. The standard InChI is InChI=1S/C13H16F4N2O5S/c1-12(2)7(10(22)23)19-8(21)6(9(19)25-12)18-5(20)3-24-4-13(16,17)11(14)15/h6-7,9,11H,3-4H2,1-2H3,(H,18,20)(H,22,23). The molecule has 0 spiro atoms. The third-order valence-electron chi connectivity index (χ3n) is 3.84. The van der Waals surface area contributed by atoms with Crippen LogP contribution in [-0.4, -0.2) is 75.6 Å². The Kier molecular flexibility index (Phi) is 5.24. The Morgan fingerprint density at radius 1 is 1.44 bits per heavy atom. The molecule has 12 heteroatoms. The van der Waals surface area contributed by atoms with Gasteiger partial charge in [0.2, 0.25) is 11.8 Å². The van der Waals surface area contributed by atoms with Crippen molar-refractivity contribution in [3.63, 3.8) is 0 Å². The molecule has 2 heterocycles. The van der Waals surface area contributed by atoms with Crippen molar-refractivity contribution in [3.8, 4) is 0 Å². The Hall–Kier alpha value is -1.56. The Morgan fingerprint density at radius 2 is 2.04 bits per heavy atom. The molecule has 0 aliphatic carbocycles. The van der Waals surface area contributed by atoms with Gasteiger partial charge in [0, 0.05) is 4.75 Å². The number of nitrogens with one attached hydrogen (secondary N) is 1. The maximum atomic E-state index is 12.7. The molecule has 3 unspecified atom stereocenters. The van der Waals surface area contributed by atoms with Gasteiger partial charge in [-0.3, -0.25) is 9.59 Å². The summed E-state index contributed by atoms with van der Waals surface area (Å²) in [7, 11) is 0. The predicted molar refractivity (Wildman–Crippen MR) is 77.4 cm³/mol. The van der Waals surface area contributed by atoms with E-state index in [4.69, 9.17) is 0 Å². The van der Waals surface area contributed by atoms with Crippen LogP contribution in [0.5, 0.6) is 0 Å². The second-order valence-corrected chi connectivity index (χ2v) is 7.97. The molecule has 0 aromatic carbocycles. The maximum absolute atomic E-state index is 12.7. The fraction of sp³-hybridized carbons (Fsp3) is 0.769. The van der Waals surface area contributed by atoms with Gasteiger partial charge >= 0.3 is 18.3 Å². The van der Waals surface area contributed by atoms with Crippen molar-refractivity contribution in [1.82, 2.24) is 10.2 Å². The molecule has 2 aliphatic heterocycles. The Bertz CT molecular complexity index is 589. The van der Waals surface area contributed by atoms with Gasteiger partial charge in [-0.2, -0.15) is 8.78 Å². The Labute approximate surface area is 144 Å². The highest BCUT2D eigenvalue weighted by molar-refractivity contribution is 8.01. The normalized spacial score (nSPS) is 27.9. The lowest BCUT2D eigenvalue weighted by atomic mass is 9.96. The molecule has 0 saturated carbocycles. The largest absolute Gasteiger partial charge is 0.480 e. The molecular weight excluding hydrogens is 372 g/mol. The van der Waals surface area contributed by atoms with E-state index in [1.54, 1.807) is 13.8 Å². The van der Waals surface area contributed by atoms with Crippen LogP contribution in [0.2, 0.25) is 0 Å². The van der Waals surface area contributed by atoms with Gasteiger partial charge in [-0.05, 0) is 13.8 Å². The number of nitrogens with zero attached hydrogens (tertiary/aromatic N) is 1. The zero-order valence-corrected chi connectivity index (χ0v) is 14.0. The molecule has 2 saturated heterocycles. The summed E-state index contributed by atoms with van der Waals surface area (Å²) < 4.78 is 52.7. The summed E-state index contributed by atoms with van der Waals surface area (Å²) >= 11 is 1.19. The molecule has 25 heavy (non-hydrogen) atoms. The van der Waals surface area contributed by atoms with E-state index in [1.165, 1.54) is 11.8 Å². The van der Waals surface area contributed by atoms with Gasteiger partial charge in [0.15, 0.2) is 0 Å². The lowest BCUT2D eigenvalue weighted by molar-refractivity contribution is -0.170. The third-order valence-corrected chi connectivity index (χ3v) is 5.41. The smallest absolute Gasteiger partial charge is 0.330 e. The summed E-state index contributed by atoms with van der Waals surface area (Å²) in [6.45, 7) is 0.747. The molecule has 2 N–H and O–H groups in total. The van der Waals surface area contributed by atoms with E-state index in [0.29, 0.717) is 0 Å². The average molecular weight is 388 g/mol. The van der Waals surface area contributed by atoms with Gasteiger partial charge < -0.3 is 20.1 Å². The van der Waals surface area contributed by atoms with Crippen LogP contribution < -0.4 is 5.32 Å². The highest BCUT2D eigenvalue weighted by atomic mass is 32.2. The SMILES string of the molecule is CC1(C)SC2C(NC(=O)COCC(F)(F)C(F)F)C(=O)N2C1C(=O)O. The molecule has 2 fully saturated rings. The molecule has 0 aromatic heterocycles. The summed E-state index contributed by atoms with van der Waals surface area (Å²) in [5.41, 5.74) is 0. The fourth-order valence-corrected chi connectivity index (χ4v) is 4.33. The van der Waals surface area contributed by atoms with Gasteiger partial charge in [0.05, 0.1) is 0 Å². The number of alkyl halides is 4. The summed E-state index contributed by atoms with van der Waals surface area (Å²) in [6.07, 6.45) is -3.91. The first-order valence-electron chi connectivity index (χ1n) is 7.14. The highest BCUT2D eigenvalue weighted by Gasteiger charge is 2.64. The van der Waals surface area contributed by atoms with Crippen molar-refractivity contribution in [2.24, 2.45) is 0 Å². The molecule has 2 rings (SSSR count). The molecule has 0 aromatic rings. The number of halogens is 4. The first kappa shape index (κ1) is 19.8. The number of rotatable bonds is 7. The van der Waals surface area contributed by atoms with E-state index < -0.39 is 65.5 Å². The first-order valence-corrected chi connectivity index (χ1v) is 8.02. The number of aliphatic carboxylic acids is 1. The van der Waals surface area contributed by atoms with E-state index in [9.17, 15) is 37.1 Å². The lowest BCUT2D eigenvalue weighted by Crippen LogP contribution is -2.70. The molecular formula is C13H16F4N2O5S.